The van der Waals surface area contributed by atoms with Crippen molar-refractivity contribution in [1.82, 2.24) is 15.6 Å². The summed E-state index contributed by atoms with van der Waals surface area (Å²) in [5, 5.41) is 15.5. The highest BCUT2D eigenvalue weighted by Gasteiger charge is 2.30. The van der Waals surface area contributed by atoms with Gasteiger partial charge in [0.25, 0.3) is 5.91 Å². The number of fused-ring (bicyclic) bond motifs is 3. The number of carbonyl (C=O) groups is 3. The van der Waals surface area contributed by atoms with E-state index in [1.165, 1.54) is 0 Å². The third-order valence-electron chi connectivity index (χ3n) is 7.15. The summed E-state index contributed by atoms with van der Waals surface area (Å²) in [5.41, 5.74) is 5.87. The Labute approximate surface area is 247 Å². The number of aliphatic carboxylic acids is 1. The van der Waals surface area contributed by atoms with Crippen LogP contribution in [-0.4, -0.2) is 46.8 Å². The second-order valence-electron chi connectivity index (χ2n) is 9.99. The molecule has 1 aliphatic carbocycles. The molecule has 0 spiro atoms. The van der Waals surface area contributed by atoms with E-state index in [4.69, 9.17) is 9.47 Å². The molecular weight excluding hydrogens is 554 g/mol. The second kappa shape index (κ2) is 13.0. The quantitative estimate of drug-likeness (QED) is 0.219. The second-order valence-corrected chi connectivity index (χ2v) is 11.1. The van der Waals surface area contributed by atoms with Gasteiger partial charge in [0.15, 0.2) is 6.04 Å². The number of alkyl carbamates (subject to hydrolysis) is 1. The van der Waals surface area contributed by atoms with Gasteiger partial charge in [-0.05, 0) is 41.7 Å². The van der Waals surface area contributed by atoms with Crippen LogP contribution >= 0.6 is 11.3 Å². The van der Waals surface area contributed by atoms with Gasteiger partial charge in [-0.15, -0.1) is 11.3 Å². The van der Waals surface area contributed by atoms with E-state index in [0.717, 1.165) is 39.2 Å². The van der Waals surface area contributed by atoms with Gasteiger partial charge >= 0.3 is 12.1 Å². The molecule has 2 amide bonds. The summed E-state index contributed by atoms with van der Waals surface area (Å²) in [4.78, 5) is 42.1. The number of rotatable bonds is 11. The molecule has 9 nitrogen and oxygen atoms in total. The molecule has 0 aliphatic heterocycles. The van der Waals surface area contributed by atoms with Crippen LogP contribution in [0.4, 0.5) is 4.79 Å². The number of hydrogen-bond acceptors (Lipinski definition) is 7. The monoisotopic (exact) mass is 585 g/mol. The smallest absolute Gasteiger partial charge is 0.407 e. The van der Waals surface area contributed by atoms with Gasteiger partial charge in [-0.25, -0.2) is 14.6 Å². The van der Waals surface area contributed by atoms with Crippen molar-refractivity contribution >= 4 is 29.3 Å². The Morgan fingerprint density at radius 1 is 0.952 bits per heavy atom. The first-order chi connectivity index (χ1) is 20.3. The van der Waals surface area contributed by atoms with Crippen LogP contribution in [0, 0.1) is 6.92 Å². The lowest BCUT2D eigenvalue weighted by atomic mass is 9.98. The SMILES string of the molecule is Cc1nc(CNC(=O)OCC2c3ccccc3-c3ccccc32)sc1C(=O)N[C@@H](C(=O)O)[C@H](C)OCc1ccccc1. The summed E-state index contributed by atoms with van der Waals surface area (Å²) in [7, 11) is 0. The first-order valence-corrected chi connectivity index (χ1v) is 14.4. The van der Waals surface area contributed by atoms with Crippen molar-refractivity contribution in [3.8, 4) is 11.1 Å². The molecule has 0 bridgehead atoms. The number of nitrogens with zero attached hydrogens (tertiary/aromatic N) is 1. The summed E-state index contributed by atoms with van der Waals surface area (Å²) >= 11 is 1.08. The van der Waals surface area contributed by atoms with Crippen LogP contribution in [0.25, 0.3) is 11.1 Å². The minimum atomic E-state index is -1.26. The lowest BCUT2D eigenvalue weighted by molar-refractivity contribution is -0.143. The number of amides is 2. The molecule has 216 valence electrons. The molecule has 1 heterocycles. The first-order valence-electron chi connectivity index (χ1n) is 13.6. The number of carboxylic acids is 1. The Hall–Kier alpha value is -4.54. The van der Waals surface area contributed by atoms with Crippen LogP contribution in [-0.2, 0) is 27.4 Å². The maximum absolute atomic E-state index is 13.0. The van der Waals surface area contributed by atoms with Gasteiger partial charge in [0, 0.05) is 5.92 Å². The van der Waals surface area contributed by atoms with Gasteiger partial charge in [-0.1, -0.05) is 78.9 Å². The Balaban J connectivity index is 1.14. The zero-order valence-electron chi connectivity index (χ0n) is 23.2. The molecule has 0 fully saturated rings. The van der Waals surface area contributed by atoms with Gasteiger partial charge in [0.1, 0.15) is 16.5 Å². The fourth-order valence-corrected chi connectivity index (χ4v) is 5.93. The maximum Gasteiger partial charge on any atom is 0.407 e. The maximum atomic E-state index is 13.0. The normalized spacial score (nSPS) is 13.5. The van der Waals surface area contributed by atoms with E-state index in [0.29, 0.717) is 10.7 Å². The largest absolute Gasteiger partial charge is 0.480 e. The Bertz CT molecular complexity index is 1540. The van der Waals surface area contributed by atoms with Crippen LogP contribution < -0.4 is 10.6 Å². The molecule has 10 heteroatoms. The molecule has 0 radical (unpaired) electrons. The van der Waals surface area contributed by atoms with Crippen LogP contribution in [0.3, 0.4) is 0 Å². The van der Waals surface area contributed by atoms with Crippen molar-refractivity contribution in [2.75, 3.05) is 6.61 Å². The van der Waals surface area contributed by atoms with Gasteiger partial charge in [0.05, 0.1) is 24.9 Å². The molecule has 0 saturated carbocycles. The van der Waals surface area contributed by atoms with Crippen molar-refractivity contribution < 1.29 is 29.0 Å². The third-order valence-corrected chi connectivity index (χ3v) is 8.31. The summed E-state index contributed by atoms with van der Waals surface area (Å²) in [6.45, 7) is 3.73. The van der Waals surface area contributed by atoms with Gasteiger partial charge in [0.2, 0.25) is 0 Å². The van der Waals surface area contributed by atoms with Gasteiger partial charge in [-0.3, -0.25) is 4.79 Å². The number of nitrogens with one attached hydrogen (secondary N) is 2. The van der Waals surface area contributed by atoms with E-state index < -0.39 is 30.1 Å². The molecule has 5 rings (SSSR count). The van der Waals surface area contributed by atoms with E-state index in [9.17, 15) is 19.5 Å². The predicted octanol–water partition coefficient (Wildman–Crippen LogP) is 5.28. The minimum Gasteiger partial charge on any atom is -0.480 e. The first kappa shape index (κ1) is 29.0. The van der Waals surface area contributed by atoms with Crippen molar-refractivity contribution in [2.45, 2.75) is 45.1 Å². The van der Waals surface area contributed by atoms with E-state index >= 15 is 0 Å². The Morgan fingerprint density at radius 2 is 1.57 bits per heavy atom. The van der Waals surface area contributed by atoms with E-state index in [1.807, 2.05) is 54.6 Å². The van der Waals surface area contributed by atoms with E-state index in [-0.39, 0.29) is 30.6 Å². The molecule has 0 unspecified atom stereocenters. The lowest BCUT2D eigenvalue weighted by Crippen LogP contribution is -2.48. The number of thiazole rings is 1. The fourth-order valence-electron chi connectivity index (χ4n) is 5.02. The molecule has 1 aliphatic rings. The molecule has 42 heavy (non-hydrogen) atoms. The standard InChI is InChI=1S/C32H31N3O6S/c1-19-29(30(36)35-28(31(37)38)20(2)40-17-21-10-4-3-5-11-21)42-27(34-19)16-33-32(39)41-18-26-24-14-8-6-12-22(24)23-13-7-9-15-25(23)26/h3-15,20,26,28H,16-18H2,1-2H3,(H,33,39)(H,35,36)(H,37,38)/t20-,28+/m0/s1. The van der Waals surface area contributed by atoms with Crippen molar-refractivity contribution in [3.63, 3.8) is 0 Å². The average molecular weight is 586 g/mol. The number of ether oxygens (including phenoxy) is 2. The number of benzene rings is 3. The highest BCUT2D eigenvalue weighted by atomic mass is 32.1. The average Bonchev–Trinajstić information content (AvgIpc) is 3.54. The fraction of sp³-hybridized carbons (Fsp3) is 0.250. The number of carbonyl (C=O) groups excluding carboxylic acids is 2. The third kappa shape index (κ3) is 6.50. The summed E-state index contributed by atoms with van der Waals surface area (Å²) in [6.07, 6.45) is -1.37. The molecule has 3 aromatic carbocycles. The minimum absolute atomic E-state index is 0.0539. The zero-order chi connectivity index (χ0) is 29.6. The Morgan fingerprint density at radius 3 is 2.21 bits per heavy atom. The highest BCUT2D eigenvalue weighted by Crippen LogP contribution is 2.44. The van der Waals surface area contributed by atoms with Crippen molar-refractivity contribution in [1.29, 1.82) is 0 Å². The zero-order valence-corrected chi connectivity index (χ0v) is 24.0. The van der Waals surface area contributed by atoms with Gasteiger partial charge < -0.3 is 25.2 Å². The summed E-state index contributed by atoms with van der Waals surface area (Å²) in [6, 6.07) is 24.3. The molecule has 0 saturated heterocycles. The van der Waals surface area contributed by atoms with Crippen LogP contribution in [0.1, 0.15) is 49.9 Å². The van der Waals surface area contributed by atoms with Crippen LogP contribution in [0.5, 0.6) is 0 Å². The van der Waals surface area contributed by atoms with E-state index in [1.54, 1.807) is 13.8 Å². The van der Waals surface area contributed by atoms with Crippen LogP contribution in [0.15, 0.2) is 78.9 Å². The molecular formula is C32H31N3O6S. The van der Waals surface area contributed by atoms with Crippen molar-refractivity contribution in [3.05, 3.63) is 111 Å². The Kier molecular flexibility index (Phi) is 8.94. The number of aryl methyl sites for hydroxylation is 1. The lowest BCUT2D eigenvalue weighted by Gasteiger charge is -2.21. The van der Waals surface area contributed by atoms with Crippen LogP contribution in [0.2, 0.25) is 0 Å². The highest BCUT2D eigenvalue weighted by molar-refractivity contribution is 7.13. The summed E-state index contributed by atoms with van der Waals surface area (Å²) in [5.74, 6) is -1.83. The summed E-state index contributed by atoms with van der Waals surface area (Å²) < 4.78 is 11.3. The molecule has 4 aromatic rings. The van der Waals surface area contributed by atoms with Crippen molar-refractivity contribution in [2.24, 2.45) is 0 Å². The molecule has 2 atom stereocenters. The molecule has 3 N–H and O–H groups in total. The topological polar surface area (TPSA) is 127 Å². The molecule has 1 aromatic heterocycles. The predicted molar refractivity (Wildman–Crippen MR) is 158 cm³/mol. The van der Waals surface area contributed by atoms with Gasteiger partial charge in [-0.2, -0.15) is 0 Å². The van der Waals surface area contributed by atoms with E-state index in [2.05, 4.69) is 39.9 Å². The number of aromatic nitrogens is 1. The number of hydrogen-bond donors (Lipinski definition) is 3. The number of carboxylic acid groups (broad SMARTS) is 1.